The molecule has 3 aromatic rings. The molecular weight excluding hydrogens is 426 g/mol. The third-order valence-electron chi connectivity index (χ3n) is 5.65. The summed E-state index contributed by atoms with van der Waals surface area (Å²) in [6, 6.07) is 12.3. The molecule has 1 aliphatic heterocycles. The van der Waals surface area contributed by atoms with Crippen molar-refractivity contribution < 1.29 is 4.79 Å². The van der Waals surface area contributed by atoms with E-state index < -0.39 is 0 Å². The number of thiophene rings is 2. The first kappa shape index (κ1) is 21.9. The van der Waals surface area contributed by atoms with E-state index in [1.807, 2.05) is 28.5 Å². The highest BCUT2D eigenvalue weighted by molar-refractivity contribution is 7.13. The maximum Gasteiger partial charge on any atom is 0.226 e. The molecule has 0 N–H and O–H groups in total. The van der Waals surface area contributed by atoms with Crippen molar-refractivity contribution in [2.24, 2.45) is 5.92 Å². The Balaban J connectivity index is 1.35. The smallest absolute Gasteiger partial charge is 0.226 e. The molecule has 1 aliphatic rings. The Kier molecular flexibility index (Phi) is 7.32. The quantitative estimate of drug-likeness (QED) is 0.512. The molecule has 0 aromatic carbocycles. The second-order valence-corrected chi connectivity index (χ2v) is 10.1. The van der Waals surface area contributed by atoms with Crippen LogP contribution in [-0.4, -0.2) is 66.2 Å². The van der Waals surface area contributed by atoms with Crippen LogP contribution in [-0.2, 0) is 11.3 Å². The number of carbonyl (C=O) groups is 1. The summed E-state index contributed by atoms with van der Waals surface area (Å²) in [7, 11) is 4.11. The third kappa shape index (κ3) is 5.70. The van der Waals surface area contributed by atoms with Crippen molar-refractivity contribution in [1.29, 1.82) is 0 Å². The van der Waals surface area contributed by atoms with Gasteiger partial charge in [-0.2, -0.15) is 0 Å². The lowest BCUT2D eigenvalue weighted by Crippen LogP contribution is -2.44. The zero-order valence-corrected chi connectivity index (χ0v) is 19.7. The van der Waals surface area contributed by atoms with Gasteiger partial charge in [-0.05, 0) is 62.0 Å². The first-order chi connectivity index (χ1) is 15.1. The second kappa shape index (κ2) is 10.3. The first-order valence-corrected chi connectivity index (χ1v) is 12.4. The van der Waals surface area contributed by atoms with E-state index in [-0.39, 0.29) is 11.8 Å². The number of piperidine rings is 1. The van der Waals surface area contributed by atoms with E-state index in [2.05, 4.69) is 57.7 Å². The van der Waals surface area contributed by atoms with Crippen LogP contribution in [0.3, 0.4) is 0 Å². The standard InChI is InChI=1S/C23H29N5OS2/c1-26(2)13-14-28(17-19-5-3-15-30-19)23(29)18-9-11-27(12-10-18)22-8-7-20(24-25-22)21-6-4-16-31-21/h3-8,15-16,18H,9-14,17H2,1-2H3. The summed E-state index contributed by atoms with van der Waals surface area (Å²) in [5, 5.41) is 13.0. The number of hydrogen-bond acceptors (Lipinski definition) is 7. The highest BCUT2D eigenvalue weighted by Crippen LogP contribution is 2.27. The van der Waals surface area contributed by atoms with Crippen LogP contribution >= 0.6 is 22.7 Å². The number of rotatable bonds is 8. The lowest BCUT2D eigenvalue weighted by atomic mass is 9.95. The number of anilines is 1. The average molecular weight is 456 g/mol. The summed E-state index contributed by atoms with van der Waals surface area (Å²) in [6.07, 6.45) is 1.71. The van der Waals surface area contributed by atoms with E-state index in [0.717, 1.165) is 55.4 Å². The molecule has 164 valence electrons. The molecule has 6 nitrogen and oxygen atoms in total. The fourth-order valence-electron chi connectivity index (χ4n) is 3.84. The lowest BCUT2D eigenvalue weighted by molar-refractivity contribution is -0.137. The number of amides is 1. The predicted molar refractivity (Wildman–Crippen MR) is 129 cm³/mol. The number of hydrogen-bond donors (Lipinski definition) is 0. The van der Waals surface area contributed by atoms with E-state index in [9.17, 15) is 4.79 Å². The summed E-state index contributed by atoms with van der Waals surface area (Å²) in [5.74, 6) is 1.26. The van der Waals surface area contributed by atoms with Gasteiger partial charge in [0.25, 0.3) is 0 Å². The van der Waals surface area contributed by atoms with Gasteiger partial charge in [0.2, 0.25) is 5.91 Å². The van der Waals surface area contributed by atoms with Crippen LogP contribution in [0.5, 0.6) is 0 Å². The van der Waals surface area contributed by atoms with E-state index in [1.165, 1.54) is 4.88 Å². The Bertz CT molecular complexity index is 933. The minimum absolute atomic E-state index is 0.0803. The molecule has 3 aromatic heterocycles. The first-order valence-electron chi connectivity index (χ1n) is 10.7. The van der Waals surface area contributed by atoms with E-state index in [1.54, 1.807) is 22.7 Å². The summed E-state index contributed by atoms with van der Waals surface area (Å²) in [6.45, 7) is 4.02. The zero-order chi connectivity index (χ0) is 21.6. The van der Waals surface area contributed by atoms with Gasteiger partial charge in [0.1, 0.15) is 5.69 Å². The minimum Gasteiger partial charge on any atom is -0.355 e. The molecule has 4 rings (SSSR count). The molecule has 0 unspecified atom stereocenters. The molecular formula is C23H29N5OS2. The molecule has 0 spiro atoms. The van der Waals surface area contributed by atoms with Gasteiger partial charge < -0.3 is 14.7 Å². The van der Waals surface area contributed by atoms with Gasteiger partial charge in [0.05, 0.1) is 11.4 Å². The summed E-state index contributed by atoms with van der Waals surface area (Å²) in [5.41, 5.74) is 0.911. The van der Waals surface area contributed by atoms with Gasteiger partial charge in [0.15, 0.2) is 5.82 Å². The zero-order valence-electron chi connectivity index (χ0n) is 18.1. The number of likely N-dealkylation sites (N-methyl/N-ethyl adjacent to an activating group) is 1. The monoisotopic (exact) mass is 455 g/mol. The molecule has 1 fully saturated rings. The van der Waals surface area contributed by atoms with Gasteiger partial charge in [-0.3, -0.25) is 4.79 Å². The normalized spacial score (nSPS) is 14.9. The van der Waals surface area contributed by atoms with Crippen molar-refractivity contribution in [2.45, 2.75) is 19.4 Å². The van der Waals surface area contributed by atoms with Crippen molar-refractivity contribution >= 4 is 34.4 Å². The van der Waals surface area contributed by atoms with Crippen LogP contribution in [0.4, 0.5) is 5.82 Å². The molecule has 8 heteroatoms. The Hall–Kier alpha value is -2.29. The van der Waals surface area contributed by atoms with Crippen LogP contribution in [0, 0.1) is 5.92 Å². The highest BCUT2D eigenvalue weighted by atomic mass is 32.1. The average Bonchev–Trinajstić information content (AvgIpc) is 3.51. The molecule has 0 aliphatic carbocycles. The lowest BCUT2D eigenvalue weighted by Gasteiger charge is -2.35. The van der Waals surface area contributed by atoms with Gasteiger partial charge in [-0.1, -0.05) is 12.1 Å². The van der Waals surface area contributed by atoms with Gasteiger partial charge >= 0.3 is 0 Å². The van der Waals surface area contributed by atoms with Crippen molar-refractivity contribution in [3.63, 3.8) is 0 Å². The summed E-state index contributed by atoms with van der Waals surface area (Å²) in [4.78, 5) is 22.1. The molecule has 31 heavy (non-hydrogen) atoms. The van der Waals surface area contributed by atoms with Crippen LogP contribution < -0.4 is 4.90 Å². The van der Waals surface area contributed by atoms with Crippen LogP contribution in [0.15, 0.2) is 47.2 Å². The van der Waals surface area contributed by atoms with Gasteiger partial charge in [-0.15, -0.1) is 32.9 Å². The second-order valence-electron chi connectivity index (χ2n) is 8.16. The molecule has 0 bridgehead atoms. The summed E-state index contributed by atoms with van der Waals surface area (Å²) >= 11 is 3.39. The minimum atomic E-state index is 0.0803. The van der Waals surface area contributed by atoms with Crippen LogP contribution in [0.1, 0.15) is 17.7 Å². The Morgan fingerprint density at radius 1 is 1.03 bits per heavy atom. The van der Waals surface area contributed by atoms with E-state index in [0.29, 0.717) is 6.54 Å². The molecule has 0 saturated carbocycles. The van der Waals surface area contributed by atoms with Crippen molar-refractivity contribution in [1.82, 2.24) is 20.0 Å². The maximum absolute atomic E-state index is 13.3. The van der Waals surface area contributed by atoms with Crippen molar-refractivity contribution in [2.75, 3.05) is 45.2 Å². The topological polar surface area (TPSA) is 52.6 Å². The van der Waals surface area contributed by atoms with Crippen molar-refractivity contribution in [3.8, 4) is 10.6 Å². The predicted octanol–water partition coefficient (Wildman–Crippen LogP) is 4.07. The summed E-state index contributed by atoms with van der Waals surface area (Å²) < 4.78 is 0. The Morgan fingerprint density at radius 3 is 2.42 bits per heavy atom. The molecule has 0 radical (unpaired) electrons. The fraction of sp³-hybridized carbons (Fsp3) is 0.435. The molecule has 0 atom stereocenters. The number of nitrogens with zero attached hydrogens (tertiary/aromatic N) is 5. The largest absolute Gasteiger partial charge is 0.355 e. The SMILES string of the molecule is CN(C)CCN(Cc1cccs1)C(=O)C1CCN(c2ccc(-c3cccs3)nn2)CC1. The Labute approximate surface area is 192 Å². The molecule has 1 amide bonds. The molecule has 1 saturated heterocycles. The number of aromatic nitrogens is 2. The van der Waals surface area contributed by atoms with Gasteiger partial charge in [0, 0.05) is 37.0 Å². The van der Waals surface area contributed by atoms with Crippen LogP contribution in [0.25, 0.3) is 10.6 Å². The fourth-order valence-corrected chi connectivity index (χ4v) is 5.25. The van der Waals surface area contributed by atoms with E-state index >= 15 is 0 Å². The van der Waals surface area contributed by atoms with Crippen molar-refractivity contribution in [3.05, 3.63) is 52.0 Å². The van der Waals surface area contributed by atoms with E-state index in [4.69, 9.17) is 0 Å². The highest BCUT2D eigenvalue weighted by Gasteiger charge is 2.29. The van der Waals surface area contributed by atoms with Gasteiger partial charge in [-0.25, -0.2) is 0 Å². The van der Waals surface area contributed by atoms with Crippen LogP contribution in [0.2, 0.25) is 0 Å². The molecule has 4 heterocycles. The number of carbonyl (C=O) groups excluding carboxylic acids is 1. The third-order valence-corrected chi connectivity index (χ3v) is 7.40. The Morgan fingerprint density at radius 2 is 1.81 bits per heavy atom. The maximum atomic E-state index is 13.3.